The van der Waals surface area contributed by atoms with E-state index in [0.717, 1.165) is 72.2 Å². The van der Waals surface area contributed by atoms with Crippen molar-refractivity contribution in [2.24, 2.45) is 0 Å². The zero-order valence-electron chi connectivity index (χ0n) is 24.2. The number of hydrogen-bond acceptors (Lipinski definition) is 4. The van der Waals surface area contributed by atoms with Gasteiger partial charge in [-0.3, -0.25) is 4.98 Å². The van der Waals surface area contributed by atoms with E-state index in [1.54, 1.807) is 0 Å². The van der Waals surface area contributed by atoms with Gasteiger partial charge >= 0.3 is 0 Å². The zero-order valence-corrected chi connectivity index (χ0v) is 24.2. The number of aromatic nitrogens is 1. The van der Waals surface area contributed by atoms with E-state index in [2.05, 4.69) is 108 Å². The molecule has 0 N–H and O–H groups in total. The molecule has 4 nitrogen and oxygen atoms in total. The molecule has 0 aliphatic rings. The second-order valence-corrected chi connectivity index (χ2v) is 11.2. The summed E-state index contributed by atoms with van der Waals surface area (Å²) in [6.45, 7) is 0. The lowest BCUT2D eigenvalue weighted by Gasteiger charge is -2.26. The molecule has 0 amide bonds. The summed E-state index contributed by atoms with van der Waals surface area (Å²) in [7, 11) is 0. The van der Waals surface area contributed by atoms with E-state index in [9.17, 15) is 0 Å². The average Bonchev–Trinajstić information content (AvgIpc) is 3.68. The molecule has 0 unspecified atom stereocenters. The molecule has 0 aliphatic heterocycles. The molecule has 0 aliphatic carbocycles. The number of furan rings is 2. The lowest BCUT2D eigenvalue weighted by molar-refractivity contribution is 0.668. The van der Waals surface area contributed by atoms with Crippen molar-refractivity contribution in [3.05, 3.63) is 158 Å². The maximum absolute atomic E-state index is 6.28. The molecule has 0 bridgehead atoms. The van der Waals surface area contributed by atoms with Gasteiger partial charge < -0.3 is 13.7 Å². The van der Waals surface area contributed by atoms with Crippen LogP contribution in [0.2, 0.25) is 0 Å². The van der Waals surface area contributed by atoms with Crippen LogP contribution in [-0.2, 0) is 0 Å². The first-order valence-corrected chi connectivity index (χ1v) is 15.0. The highest BCUT2D eigenvalue weighted by Crippen LogP contribution is 2.43. The monoisotopic (exact) mass is 578 g/mol. The van der Waals surface area contributed by atoms with Crippen LogP contribution in [0.3, 0.4) is 0 Å². The second-order valence-electron chi connectivity index (χ2n) is 11.2. The van der Waals surface area contributed by atoms with Gasteiger partial charge in [0.25, 0.3) is 0 Å². The Hall–Kier alpha value is -6.13. The highest BCUT2D eigenvalue weighted by Gasteiger charge is 2.19. The van der Waals surface area contributed by atoms with Crippen LogP contribution in [0.1, 0.15) is 0 Å². The van der Waals surface area contributed by atoms with E-state index in [-0.39, 0.29) is 0 Å². The Labute approximate surface area is 259 Å². The van der Waals surface area contributed by atoms with Crippen molar-refractivity contribution in [1.29, 1.82) is 0 Å². The fourth-order valence-electron chi connectivity index (χ4n) is 6.36. The Balaban J connectivity index is 1.17. The van der Waals surface area contributed by atoms with Gasteiger partial charge in [-0.1, -0.05) is 97.1 Å². The Morgan fingerprint density at radius 3 is 1.76 bits per heavy atom. The van der Waals surface area contributed by atoms with Gasteiger partial charge in [0, 0.05) is 45.4 Å². The lowest BCUT2D eigenvalue weighted by Crippen LogP contribution is -2.10. The Kier molecular flexibility index (Phi) is 5.78. The summed E-state index contributed by atoms with van der Waals surface area (Å²) in [5.74, 6) is 0. The Morgan fingerprint density at radius 1 is 0.422 bits per heavy atom. The van der Waals surface area contributed by atoms with Crippen LogP contribution in [0.25, 0.3) is 66.3 Å². The molecule has 212 valence electrons. The van der Waals surface area contributed by atoms with Crippen molar-refractivity contribution in [1.82, 2.24) is 4.98 Å². The molecule has 0 saturated heterocycles. The fourth-order valence-corrected chi connectivity index (χ4v) is 6.36. The topological polar surface area (TPSA) is 42.4 Å². The van der Waals surface area contributed by atoms with Gasteiger partial charge in [0.2, 0.25) is 0 Å². The number of nitrogens with zero attached hydrogens (tertiary/aromatic N) is 2. The molecule has 6 aromatic carbocycles. The predicted molar refractivity (Wildman–Crippen MR) is 184 cm³/mol. The first kappa shape index (κ1) is 25.4. The van der Waals surface area contributed by atoms with Gasteiger partial charge in [0.1, 0.15) is 22.3 Å². The second kappa shape index (κ2) is 10.2. The van der Waals surface area contributed by atoms with E-state index >= 15 is 0 Å². The summed E-state index contributed by atoms with van der Waals surface area (Å²) in [6, 6.07) is 52.4. The number of pyridine rings is 1. The number of para-hydroxylation sites is 2. The molecule has 45 heavy (non-hydrogen) atoms. The molecular formula is C41H26N2O2. The van der Waals surface area contributed by atoms with E-state index < -0.39 is 0 Å². The number of hydrogen-bond donors (Lipinski definition) is 0. The van der Waals surface area contributed by atoms with Crippen LogP contribution in [0.15, 0.2) is 167 Å². The van der Waals surface area contributed by atoms with Gasteiger partial charge in [0.05, 0.1) is 16.8 Å². The molecule has 0 radical (unpaired) electrons. The molecule has 0 fully saturated rings. The van der Waals surface area contributed by atoms with Crippen LogP contribution in [0.4, 0.5) is 17.1 Å². The maximum Gasteiger partial charge on any atom is 0.139 e. The van der Waals surface area contributed by atoms with Crippen LogP contribution in [0, 0.1) is 0 Å². The molecule has 9 rings (SSSR count). The van der Waals surface area contributed by atoms with E-state index in [1.165, 1.54) is 11.1 Å². The summed E-state index contributed by atoms with van der Waals surface area (Å²) < 4.78 is 12.4. The average molecular weight is 579 g/mol. The Morgan fingerprint density at radius 2 is 1.00 bits per heavy atom. The quantitative estimate of drug-likeness (QED) is 0.204. The normalized spacial score (nSPS) is 11.6. The molecule has 0 spiro atoms. The highest BCUT2D eigenvalue weighted by atomic mass is 16.3. The third-order valence-corrected chi connectivity index (χ3v) is 8.54. The van der Waals surface area contributed by atoms with Crippen LogP contribution in [-0.4, -0.2) is 4.98 Å². The smallest absolute Gasteiger partial charge is 0.139 e. The van der Waals surface area contributed by atoms with Crippen molar-refractivity contribution in [2.75, 3.05) is 4.90 Å². The van der Waals surface area contributed by atoms with Crippen molar-refractivity contribution in [2.45, 2.75) is 0 Å². The maximum atomic E-state index is 6.28. The molecule has 0 atom stereocenters. The SMILES string of the molecule is c1ccc(-c2ccc(N(c3ccc(-c4cc5oc6ccccc6c5cn4)cc3)c3cccc4oc5ccccc5c34)cc2)cc1. The summed E-state index contributed by atoms with van der Waals surface area (Å²) in [4.78, 5) is 7.12. The minimum absolute atomic E-state index is 0.837. The number of rotatable bonds is 5. The lowest BCUT2D eigenvalue weighted by atomic mass is 10.0. The number of benzene rings is 6. The fraction of sp³-hybridized carbons (Fsp3) is 0. The molecule has 3 heterocycles. The summed E-state index contributed by atoms with van der Waals surface area (Å²) in [6.07, 6.45) is 1.91. The summed E-state index contributed by atoms with van der Waals surface area (Å²) in [5.41, 5.74) is 10.9. The van der Waals surface area contributed by atoms with Crippen molar-refractivity contribution < 1.29 is 8.83 Å². The number of anilines is 3. The van der Waals surface area contributed by atoms with Gasteiger partial charge in [-0.2, -0.15) is 0 Å². The minimum Gasteiger partial charge on any atom is -0.456 e. The molecule has 0 saturated carbocycles. The highest BCUT2D eigenvalue weighted by molar-refractivity contribution is 6.13. The van der Waals surface area contributed by atoms with Gasteiger partial charge in [0.15, 0.2) is 0 Å². The first-order valence-electron chi connectivity index (χ1n) is 15.0. The van der Waals surface area contributed by atoms with Gasteiger partial charge in [-0.15, -0.1) is 0 Å². The summed E-state index contributed by atoms with van der Waals surface area (Å²) >= 11 is 0. The molecular weight excluding hydrogens is 552 g/mol. The summed E-state index contributed by atoms with van der Waals surface area (Å²) in [5, 5.41) is 4.28. The van der Waals surface area contributed by atoms with Crippen molar-refractivity contribution in [3.63, 3.8) is 0 Å². The van der Waals surface area contributed by atoms with E-state index in [1.807, 2.05) is 54.7 Å². The molecule has 3 aromatic heterocycles. The number of fused-ring (bicyclic) bond motifs is 6. The predicted octanol–water partition coefficient (Wildman–Crippen LogP) is 11.7. The van der Waals surface area contributed by atoms with E-state index in [4.69, 9.17) is 13.8 Å². The van der Waals surface area contributed by atoms with E-state index in [0.29, 0.717) is 0 Å². The van der Waals surface area contributed by atoms with Crippen molar-refractivity contribution >= 4 is 60.9 Å². The molecule has 4 heteroatoms. The van der Waals surface area contributed by atoms with Gasteiger partial charge in [-0.25, -0.2) is 0 Å². The van der Waals surface area contributed by atoms with Crippen LogP contribution >= 0.6 is 0 Å². The minimum atomic E-state index is 0.837. The standard InChI is InChI=1S/C41H26N2O2/c1-2-9-27(10-3-1)28-17-21-30(22-18-28)43(36-13-8-16-39-41(36)33-12-5-7-15-38(33)44-39)31-23-19-29(20-24-31)35-25-40-34(26-42-35)32-11-4-6-14-37(32)45-40/h1-26H. The largest absolute Gasteiger partial charge is 0.456 e. The third-order valence-electron chi connectivity index (χ3n) is 8.54. The third kappa shape index (κ3) is 4.27. The zero-order chi connectivity index (χ0) is 29.7. The van der Waals surface area contributed by atoms with Crippen molar-refractivity contribution in [3.8, 4) is 22.4 Å². The van der Waals surface area contributed by atoms with Gasteiger partial charge in [-0.05, 0) is 59.7 Å². The Bertz CT molecular complexity index is 2470. The van der Waals surface area contributed by atoms with Crippen LogP contribution in [0.5, 0.6) is 0 Å². The molecule has 9 aromatic rings. The first-order chi connectivity index (χ1) is 22.3. The van der Waals surface area contributed by atoms with Crippen LogP contribution < -0.4 is 4.90 Å².